The van der Waals surface area contributed by atoms with Crippen molar-refractivity contribution in [1.82, 2.24) is 0 Å². The molecule has 2 nitrogen and oxygen atoms in total. The largest absolute Gasteiger partial charge is 0.295 e. The predicted molar refractivity (Wildman–Crippen MR) is 102 cm³/mol. The van der Waals surface area contributed by atoms with Crippen LogP contribution in [0, 0.1) is 11.8 Å². The summed E-state index contributed by atoms with van der Waals surface area (Å²) in [5.41, 5.74) is 7.48. The topological polar surface area (TPSA) is 34.1 Å². The molecule has 0 aliphatic heterocycles. The number of aryl methyl sites for hydroxylation is 2. The van der Waals surface area contributed by atoms with E-state index >= 15 is 0 Å². The molecule has 0 amide bonds. The van der Waals surface area contributed by atoms with E-state index in [1.54, 1.807) is 0 Å². The van der Waals surface area contributed by atoms with Crippen LogP contribution in [0.5, 0.6) is 0 Å². The van der Waals surface area contributed by atoms with Crippen molar-refractivity contribution in [3.63, 3.8) is 0 Å². The van der Waals surface area contributed by atoms with Crippen LogP contribution in [0.25, 0.3) is 11.1 Å². The molecule has 26 heavy (non-hydrogen) atoms. The minimum absolute atomic E-state index is 0.0965. The van der Waals surface area contributed by atoms with Crippen LogP contribution in [0.3, 0.4) is 0 Å². The highest BCUT2D eigenvalue weighted by atomic mass is 16.1. The molecule has 4 bridgehead atoms. The molecule has 6 aliphatic rings. The van der Waals surface area contributed by atoms with E-state index < -0.39 is 0 Å². The summed E-state index contributed by atoms with van der Waals surface area (Å²) in [6.45, 7) is 0. The molecule has 8 rings (SSSR count). The van der Waals surface area contributed by atoms with Gasteiger partial charge in [0.25, 0.3) is 0 Å². The second-order valence-electron chi connectivity index (χ2n) is 7.61. The monoisotopic (exact) mass is 340 g/mol. The Bertz CT molecular complexity index is 879. The number of carbonyl (C=O) groups is 2. The fourth-order valence-corrected chi connectivity index (χ4v) is 4.60. The van der Waals surface area contributed by atoms with Crippen molar-refractivity contribution in [2.45, 2.75) is 25.7 Å². The van der Waals surface area contributed by atoms with Gasteiger partial charge in [-0.15, -0.1) is 0 Å². The van der Waals surface area contributed by atoms with E-state index in [4.69, 9.17) is 0 Å². The first-order valence-corrected chi connectivity index (χ1v) is 9.35. The number of ketones is 2. The molecule has 2 aromatic rings. The van der Waals surface area contributed by atoms with E-state index in [9.17, 15) is 9.59 Å². The minimum atomic E-state index is -0.210. The van der Waals surface area contributed by atoms with E-state index in [0.717, 1.165) is 12.8 Å². The minimum Gasteiger partial charge on any atom is -0.295 e. The highest BCUT2D eigenvalue weighted by molar-refractivity contribution is 6.10. The Morgan fingerprint density at radius 2 is 0.962 bits per heavy atom. The smallest absolute Gasteiger partial charge is 0.159 e. The molecule has 128 valence electrons. The van der Waals surface area contributed by atoms with E-state index in [0.29, 0.717) is 12.8 Å². The van der Waals surface area contributed by atoms with E-state index in [1.807, 2.05) is 0 Å². The van der Waals surface area contributed by atoms with Crippen molar-refractivity contribution < 1.29 is 9.59 Å². The van der Waals surface area contributed by atoms with E-state index in [1.165, 1.54) is 45.6 Å². The van der Waals surface area contributed by atoms with Gasteiger partial charge in [-0.3, -0.25) is 9.59 Å². The fraction of sp³-hybridized carbons (Fsp3) is 0.250. The number of hydrogen-bond donors (Lipinski definition) is 0. The lowest BCUT2D eigenvalue weighted by atomic mass is 9.67. The molecule has 2 aromatic carbocycles. The maximum atomic E-state index is 12.4. The van der Waals surface area contributed by atoms with Gasteiger partial charge in [0.05, 0.1) is 0 Å². The van der Waals surface area contributed by atoms with Crippen molar-refractivity contribution in [3.8, 4) is 0 Å². The average Bonchev–Trinajstić information content (AvgIpc) is 2.68. The highest BCUT2D eigenvalue weighted by Crippen LogP contribution is 2.45. The lowest BCUT2D eigenvalue weighted by Gasteiger charge is -2.34. The van der Waals surface area contributed by atoms with Crippen LogP contribution in [-0.2, 0) is 22.4 Å². The molecular weight excluding hydrogens is 320 g/mol. The molecule has 2 atom stereocenters. The number of hydrogen-bond acceptors (Lipinski definition) is 2. The Kier molecular flexibility index (Phi) is 3.53. The SMILES string of the molecule is O=C1C=CC(=O)C2CC3=C(CC12)c1ccc(cc1)CCc1ccc3cc1. The van der Waals surface area contributed by atoms with Crippen molar-refractivity contribution in [3.05, 3.63) is 82.9 Å². The highest BCUT2D eigenvalue weighted by Gasteiger charge is 2.40. The van der Waals surface area contributed by atoms with Crippen LogP contribution in [-0.4, -0.2) is 11.6 Å². The van der Waals surface area contributed by atoms with Crippen molar-refractivity contribution in [1.29, 1.82) is 0 Å². The predicted octanol–water partition coefficient (Wildman–Crippen LogP) is 4.43. The maximum Gasteiger partial charge on any atom is 0.159 e. The Morgan fingerprint density at radius 1 is 0.577 bits per heavy atom. The van der Waals surface area contributed by atoms with Crippen LogP contribution < -0.4 is 0 Å². The molecule has 0 saturated carbocycles. The summed E-state index contributed by atoms with van der Waals surface area (Å²) in [6, 6.07) is 17.5. The van der Waals surface area contributed by atoms with Gasteiger partial charge in [-0.1, -0.05) is 48.5 Å². The summed E-state index contributed by atoms with van der Waals surface area (Å²) in [4.78, 5) is 24.9. The molecule has 0 fully saturated rings. The van der Waals surface area contributed by atoms with Crippen molar-refractivity contribution in [2.75, 3.05) is 0 Å². The zero-order valence-electron chi connectivity index (χ0n) is 14.6. The first kappa shape index (κ1) is 15.5. The Morgan fingerprint density at radius 3 is 1.35 bits per heavy atom. The van der Waals surface area contributed by atoms with Crippen molar-refractivity contribution in [2.24, 2.45) is 11.8 Å². The number of carbonyl (C=O) groups excluding carboxylic acids is 2. The van der Waals surface area contributed by atoms with Gasteiger partial charge in [-0.2, -0.15) is 0 Å². The van der Waals surface area contributed by atoms with Crippen molar-refractivity contribution >= 4 is 22.7 Å². The summed E-state index contributed by atoms with van der Waals surface area (Å²) in [5.74, 6) is -0.227. The van der Waals surface area contributed by atoms with Gasteiger partial charge < -0.3 is 0 Å². The maximum absolute atomic E-state index is 12.4. The number of fused-ring (bicyclic) bond motifs is 1. The van der Waals surface area contributed by atoms with Crippen LogP contribution in [0.2, 0.25) is 0 Å². The standard InChI is InChI=1S/C24H20O2/c25-23-11-12-24(26)22-14-20-18-9-5-16(6-10-18)2-1-15-3-7-17(8-4-15)19(20)13-21(22)23/h3-12,21-22H,1-2,13-14H2. The second-order valence-corrected chi connectivity index (χ2v) is 7.61. The zero-order chi connectivity index (χ0) is 17.7. The molecule has 0 radical (unpaired) electrons. The summed E-state index contributed by atoms with van der Waals surface area (Å²) in [7, 11) is 0. The summed E-state index contributed by atoms with van der Waals surface area (Å²) < 4.78 is 0. The Labute approximate surface area is 153 Å². The third-order valence-electron chi connectivity index (χ3n) is 6.15. The van der Waals surface area contributed by atoms with Gasteiger partial charge in [-0.05, 0) is 71.2 Å². The third-order valence-corrected chi connectivity index (χ3v) is 6.15. The van der Waals surface area contributed by atoms with Gasteiger partial charge >= 0.3 is 0 Å². The quantitative estimate of drug-likeness (QED) is 0.711. The Balaban J connectivity index is 1.71. The summed E-state index contributed by atoms with van der Waals surface area (Å²) in [6.07, 6.45) is 6.32. The Hall–Kier alpha value is -2.74. The van der Waals surface area contributed by atoms with E-state index in [-0.39, 0.29) is 23.4 Å². The first-order valence-electron chi connectivity index (χ1n) is 9.35. The average molecular weight is 340 g/mol. The number of benzene rings is 2. The third kappa shape index (κ3) is 2.48. The molecule has 6 aliphatic carbocycles. The van der Waals surface area contributed by atoms with Crippen LogP contribution >= 0.6 is 0 Å². The van der Waals surface area contributed by atoms with Crippen LogP contribution in [0.1, 0.15) is 35.1 Å². The van der Waals surface area contributed by atoms with Gasteiger partial charge in [0.1, 0.15) is 0 Å². The molecule has 0 N–H and O–H groups in total. The zero-order valence-corrected chi connectivity index (χ0v) is 14.6. The second kappa shape index (κ2) is 5.91. The molecule has 2 heteroatoms. The molecule has 0 heterocycles. The first-order chi connectivity index (χ1) is 12.7. The molecule has 0 aromatic heterocycles. The number of rotatable bonds is 0. The normalized spacial score (nSPS) is 24.2. The molecule has 0 spiro atoms. The summed E-state index contributed by atoms with van der Waals surface area (Å²) in [5, 5.41) is 0. The molecule has 0 saturated heterocycles. The van der Waals surface area contributed by atoms with Gasteiger partial charge in [0.15, 0.2) is 11.6 Å². The van der Waals surface area contributed by atoms with Crippen LogP contribution in [0.15, 0.2) is 60.7 Å². The summed E-state index contributed by atoms with van der Waals surface area (Å²) >= 11 is 0. The van der Waals surface area contributed by atoms with Crippen LogP contribution in [0.4, 0.5) is 0 Å². The molecular formula is C24H20O2. The van der Waals surface area contributed by atoms with Gasteiger partial charge in [-0.25, -0.2) is 0 Å². The van der Waals surface area contributed by atoms with Gasteiger partial charge in [0.2, 0.25) is 0 Å². The molecule has 2 unspecified atom stereocenters. The lowest BCUT2D eigenvalue weighted by Crippen LogP contribution is -2.35. The lowest BCUT2D eigenvalue weighted by molar-refractivity contribution is -0.128. The van der Waals surface area contributed by atoms with E-state index in [2.05, 4.69) is 48.5 Å². The number of allylic oxidation sites excluding steroid dienone is 4. The fourth-order valence-electron chi connectivity index (χ4n) is 4.60. The van der Waals surface area contributed by atoms with Gasteiger partial charge in [0, 0.05) is 11.8 Å².